The first-order valence-electron chi connectivity index (χ1n) is 6.12. The molecule has 0 heterocycles. The van der Waals surface area contributed by atoms with Crippen LogP contribution in [0.4, 0.5) is 16.2 Å². The number of anilines is 2. The Labute approximate surface area is 136 Å². The van der Waals surface area contributed by atoms with Crippen LogP contribution in [0.25, 0.3) is 0 Å². The number of aldehydes is 1. The zero-order valence-corrected chi connectivity index (χ0v) is 12.6. The Bertz CT molecular complexity index is 727. The number of para-hydroxylation sites is 1. The minimum Gasteiger partial charge on any atom is -0.308 e. The van der Waals surface area contributed by atoms with Crippen molar-refractivity contribution in [2.24, 2.45) is 0 Å². The number of urea groups is 1. The summed E-state index contributed by atoms with van der Waals surface area (Å²) in [6.45, 7) is 0. The van der Waals surface area contributed by atoms with Crippen LogP contribution in [0.1, 0.15) is 10.4 Å². The molecule has 2 aromatic carbocycles. The van der Waals surface area contributed by atoms with E-state index in [9.17, 15) is 14.4 Å². The van der Waals surface area contributed by atoms with E-state index in [1.807, 2.05) is 0 Å². The van der Waals surface area contributed by atoms with Crippen LogP contribution in [0.3, 0.4) is 0 Å². The molecule has 0 saturated heterocycles. The third-order valence-electron chi connectivity index (χ3n) is 2.67. The minimum atomic E-state index is -0.721. The molecule has 112 valence electrons. The summed E-state index contributed by atoms with van der Waals surface area (Å²) < 4.78 is 0. The lowest BCUT2D eigenvalue weighted by molar-refractivity contribution is -0.104. The van der Waals surface area contributed by atoms with Crippen molar-refractivity contribution in [3.63, 3.8) is 0 Å². The van der Waals surface area contributed by atoms with E-state index in [1.54, 1.807) is 12.1 Å². The van der Waals surface area contributed by atoms with Gasteiger partial charge in [0.15, 0.2) is 6.29 Å². The standard InChI is InChI=1S/C15H10Cl2N2O3/c16-9-5-10(17)7-11(6-9)18-15(22)19-13-4-2-1-3-12(13)14(21)8-20/h1-8H,(H2,18,19,22). The molecule has 0 bridgehead atoms. The lowest BCUT2D eigenvalue weighted by atomic mass is 10.1. The highest BCUT2D eigenvalue weighted by atomic mass is 35.5. The van der Waals surface area contributed by atoms with Crippen molar-refractivity contribution < 1.29 is 14.4 Å². The quantitative estimate of drug-likeness (QED) is 0.503. The number of nitrogens with one attached hydrogen (secondary N) is 2. The second-order valence-corrected chi connectivity index (χ2v) is 5.14. The smallest absolute Gasteiger partial charge is 0.308 e. The van der Waals surface area contributed by atoms with Gasteiger partial charge in [-0.1, -0.05) is 35.3 Å². The first-order chi connectivity index (χ1) is 10.5. The zero-order valence-electron chi connectivity index (χ0n) is 11.1. The molecular formula is C15H10Cl2N2O3. The van der Waals surface area contributed by atoms with Crippen molar-refractivity contribution in [1.82, 2.24) is 0 Å². The average Bonchev–Trinajstić information content (AvgIpc) is 2.45. The molecule has 2 N–H and O–H groups in total. The van der Waals surface area contributed by atoms with E-state index in [2.05, 4.69) is 10.6 Å². The summed E-state index contributed by atoms with van der Waals surface area (Å²) in [7, 11) is 0. The van der Waals surface area contributed by atoms with E-state index >= 15 is 0 Å². The van der Waals surface area contributed by atoms with Crippen molar-refractivity contribution in [2.75, 3.05) is 10.6 Å². The van der Waals surface area contributed by atoms with Crippen LogP contribution >= 0.6 is 23.2 Å². The number of amides is 2. The Hall–Kier alpha value is -2.37. The van der Waals surface area contributed by atoms with Gasteiger partial charge in [0, 0.05) is 21.3 Å². The summed E-state index contributed by atoms with van der Waals surface area (Å²) in [6, 6.07) is 10.2. The van der Waals surface area contributed by atoms with Gasteiger partial charge < -0.3 is 10.6 Å². The van der Waals surface area contributed by atoms with Gasteiger partial charge in [0.2, 0.25) is 5.78 Å². The number of benzene rings is 2. The van der Waals surface area contributed by atoms with Crippen molar-refractivity contribution in [3.05, 3.63) is 58.1 Å². The topological polar surface area (TPSA) is 75.3 Å². The molecule has 0 aliphatic carbocycles. The largest absolute Gasteiger partial charge is 0.323 e. The van der Waals surface area contributed by atoms with E-state index < -0.39 is 11.8 Å². The maximum atomic E-state index is 12.0. The molecule has 2 rings (SSSR count). The molecule has 2 amide bonds. The van der Waals surface area contributed by atoms with Gasteiger partial charge >= 0.3 is 6.03 Å². The number of Topliss-reactive ketones (excluding diaryl/α,β-unsaturated/α-hetero) is 1. The van der Waals surface area contributed by atoms with Crippen LogP contribution in [0.2, 0.25) is 10.0 Å². The summed E-state index contributed by atoms with van der Waals surface area (Å²) in [4.78, 5) is 34.1. The number of hydrogen-bond donors (Lipinski definition) is 2. The number of carbonyl (C=O) groups is 3. The molecule has 7 heteroatoms. The molecule has 5 nitrogen and oxygen atoms in total. The summed E-state index contributed by atoms with van der Waals surface area (Å²) in [6.07, 6.45) is 0.190. The van der Waals surface area contributed by atoms with Crippen molar-refractivity contribution >= 4 is 52.7 Å². The van der Waals surface area contributed by atoms with Crippen LogP contribution < -0.4 is 10.6 Å². The third-order valence-corrected chi connectivity index (χ3v) is 3.10. The molecule has 2 aromatic rings. The number of carbonyl (C=O) groups excluding carboxylic acids is 3. The van der Waals surface area contributed by atoms with Crippen LogP contribution in [0.5, 0.6) is 0 Å². The Kier molecular flexibility index (Phi) is 5.14. The molecule has 0 fully saturated rings. The lowest BCUT2D eigenvalue weighted by Gasteiger charge is -2.10. The minimum absolute atomic E-state index is 0.108. The monoisotopic (exact) mass is 336 g/mol. The highest BCUT2D eigenvalue weighted by Crippen LogP contribution is 2.23. The summed E-state index contributed by atoms with van der Waals surface area (Å²) >= 11 is 11.7. The SMILES string of the molecule is O=CC(=O)c1ccccc1NC(=O)Nc1cc(Cl)cc(Cl)c1. The molecule has 0 unspecified atom stereocenters. The van der Waals surface area contributed by atoms with Crippen molar-refractivity contribution in [3.8, 4) is 0 Å². The van der Waals surface area contributed by atoms with Gasteiger partial charge in [-0.05, 0) is 30.3 Å². The lowest BCUT2D eigenvalue weighted by Crippen LogP contribution is -2.21. The predicted octanol–water partition coefficient (Wildman–Crippen LogP) is 4.02. The maximum absolute atomic E-state index is 12.0. The third kappa shape index (κ3) is 4.07. The molecule has 0 aliphatic heterocycles. The molecule has 0 aromatic heterocycles. The Morgan fingerprint density at radius 3 is 2.23 bits per heavy atom. The van der Waals surface area contributed by atoms with Gasteiger partial charge in [0.1, 0.15) is 0 Å². The fourth-order valence-corrected chi connectivity index (χ4v) is 2.31. The van der Waals surface area contributed by atoms with Gasteiger partial charge in [-0.15, -0.1) is 0 Å². The highest BCUT2D eigenvalue weighted by molar-refractivity contribution is 6.36. The van der Waals surface area contributed by atoms with Gasteiger partial charge in [-0.25, -0.2) is 4.79 Å². The predicted molar refractivity (Wildman–Crippen MR) is 85.9 cm³/mol. The number of hydrogen-bond acceptors (Lipinski definition) is 3. The van der Waals surface area contributed by atoms with Crippen LogP contribution in [-0.2, 0) is 4.79 Å². The summed E-state index contributed by atoms with van der Waals surface area (Å²) in [5, 5.41) is 5.78. The summed E-state index contributed by atoms with van der Waals surface area (Å²) in [5.74, 6) is -0.721. The number of rotatable bonds is 4. The number of halogens is 2. The fraction of sp³-hybridized carbons (Fsp3) is 0. The van der Waals surface area contributed by atoms with Gasteiger partial charge in [-0.2, -0.15) is 0 Å². The molecular weight excluding hydrogens is 327 g/mol. The van der Waals surface area contributed by atoms with E-state index in [1.165, 1.54) is 30.3 Å². The fourth-order valence-electron chi connectivity index (χ4n) is 1.78. The second-order valence-electron chi connectivity index (χ2n) is 4.26. The molecule has 22 heavy (non-hydrogen) atoms. The van der Waals surface area contributed by atoms with E-state index in [0.29, 0.717) is 15.7 Å². The highest BCUT2D eigenvalue weighted by Gasteiger charge is 2.12. The Morgan fingerprint density at radius 1 is 0.955 bits per heavy atom. The normalized spacial score (nSPS) is 9.91. The molecule has 0 radical (unpaired) electrons. The van der Waals surface area contributed by atoms with Gasteiger partial charge in [0.25, 0.3) is 0 Å². The van der Waals surface area contributed by atoms with Gasteiger partial charge in [0.05, 0.1) is 5.69 Å². The van der Waals surface area contributed by atoms with E-state index in [0.717, 1.165) is 0 Å². The maximum Gasteiger partial charge on any atom is 0.323 e. The van der Waals surface area contributed by atoms with Crippen LogP contribution in [-0.4, -0.2) is 18.1 Å². The first-order valence-corrected chi connectivity index (χ1v) is 6.88. The van der Waals surface area contributed by atoms with Crippen molar-refractivity contribution in [1.29, 1.82) is 0 Å². The second kappa shape index (κ2) is 7.06. The molecule has 0 spiro atoms. The van der Waals surface area contributed by atoms with Crippen LogP contribution in [0, 0.1) is 0 Å². The molecule has 0 saturated carbocycles. The Morgan fingerprint density at radius 2 is 1.59 bits per heavy atom. The van der Waals surface area contributed by atoms with E-state index in [-0.39, 0.29) is 17.5 Å². The Balaban J connectivity index is 2.16. The average molecular weight is 337 g/mol. The van der Waals surface area contributed by atoms with Gasteiger partial charge in [-0.3, -0.25) is 9.59 Å². The van der Waals surface area contributed by atoms with Crippen molar-refractivity contribution in [2.45, 2.75) is 0 Å². The van der Waals surface area contributed by atoms with E-state index in [4.69, 9.17) is 23.2 Å². The molecule has 0 atom stereocenters. The number of ketones is 1. The summed E-state index contributed by atoms with van der Waals surface area (Å²) in [5.41, 5.74) is 0.733. The zero-order chi connectivity index (χ0) is 16.1. The first kappa shape index (κ1) is 16.0. The molecule has 0 aliphatic rings. The van der Waals surface area contributed by atoms with Crippen LogP contribution in [0.15, 0.2) is 42.5 Å².